The molecule has 0 unspecified atom stereocenters. The maximum Gasteiger partial charge on any atom is 0.329 e. The molecule has 0 fully saturated rings. The SMILES string of the molecule is COc1ncc([N+](=O)[O-])c(N(C)C)n1. The summed E-state index contributed by atoms with van der Waals surface area (Å²) in [6, 6.07) is 0.110. The van der Waals surface area contributed by atoms with E-state index in [0.717, 1.165) is 6.20 Å². The van der Waals surface area contributed by atoms with Crippen molar-refractivity contribution in [1.29, 1.82) is 0 Å². The van der Waals surface area contributed by atoms with E-state index in [0.29, 0.717) is 0 Å². The van der Waals surface area contributed by atoms with Gasteiger partial charge in [0.1, 0.15) is 6.20 Å². The molecule has 14 heavy (non-hydrogen) atoms. The number of hydrogen-bond acceptors (Lipinski definition) is 6. The summed E-state index contributed by atoms with van der Waals surface area (Å²) in [4.78, 5) is 19.1. The Labute approximate surface area is 80.5 Å². The van der Waals surface area contributed by atoms with Crippen LogP contribution in [0.1, 0.15) is 0 Å². The summed E-state index contributed by atoms with van der Waals surface area (Å²) in [6.45, 7) is 0. The molecule has 0 saturated heterocycles. The molecule has 0 aliphatic rings. The molecule has 7 nitrogen and oxygen atoms in total. The summed E-state index contributed by atoms with van der Waals surface area (Å²) in [5, 5.41) is 10.6. The number of rotatable bonds is 3. The average molecular weight is 198 g/mol. The van der Waals surface area contributed by atoms with Gasteiger partial charge in [-0.25, -0.2) is 0 Å². The minimum atomic E-state index is -0.533. The van der Waals surface area contributed by atoms with E-state index in [1.807, 2.05) is 0 Å². The first kappa shape index (κ1) is 10.2. The van der Waals surface area contributed by atoms with Crippen molar-refractivity contribution in [2.75, 3.05) is 26.1 Å². The van der Waals surface area contributed by atoms with Gasteiger partial charge in [0.15, 0.2) is 0 Å². The Morgan fingerprint density at radius 3 is 2.64 bits per heavy atom. The highest BCUT2D eigenvalue weighted by atomic mass is 16.6. The lowest BCUT2D eigenvalue weighted by Crippen LogP contribution is -2.13. The first-order valence-electron chi connectivity index (χ1n) is 3.79. The number of methoxy groups -OCH3 is 1. The molecule has 0 aliphatic heterocycles. The fourth-order valence-electron chi connectivity index (χ4n) is 0.907. The number of nitro groups is 1. The van der Waals surface area contributed by atoms with Crippen molar-refractivity contribution in [3.63, 3.8) is 0 Å². The van der Waals surface area contributed by atoms with Crippen molar-refractivity contribution in [2.24, 2.45) is 0 Å². The summed E-state index contributed by atoms with van der Waals surface area (Å²) >= 11 is 0. The monoisotopic (exact) mass is 198 g/mol. The second-order valence-corrected chi connectivity index (χ2v) is 2.72. The van der Waals surface area contributed by atoms with Crippen molar-refractivity contribution in [1.82, 2.24) is 9.97 Å². The minimum absolute atomic E-state index is 0.110. The smallest absolute Gasteiger partial charge is 0.329 e. The second-order valence-electron chi connectivity index (χ2n) is 2.72. The van der Waals surface area contributed by atoms with E-state index in [2.05, 4.69) is 9.97 Å². The third-order valence-corrected chi connectivity index (χ3v) is 1.53. The van der Waals surface area contributed by atoms with Crippen LogP contribution in [0.2, 0.25) is 0 Å². The Morgan fingerprint density at radius 2 is 2.21 bits per heavy atom. The van der Waals surface area contributed by atoms with E-state index in [1.165, 1.54) is 12.0 Å². The van der Waals surface area contributed by atoms with Crippen LogP contribution in [0.25, 0.3) is 0 Å². The molecule has 0 saturated carbocycles. The first-order valence-corrected chi connectivity index (χ1v) is 3.79. The Morgan fingerprint density at radius 1 is 1.57 bits per heavy atom. The third kappa shape index (κ3) is 1.87. The number of aromatic nitrogens is 2. The minimum Gasteiger partial charge on any atom is -0.467 e. The number of nitrogens with zero attached hydrogens (tertiary/aromatic N) is 4. The number of anilines is 1. The lowest BCUT2D eigenvalue weighted by Gasteiger charge is -2.11. The predicted octanol–water partition coefficient (Wildman–Crippen LogP) is 0.459. The van der Waals surface area contributed by atoms with E-state index in [1.54, 1.807) is 14.1 Å². The van der Waals surface area contributed by atoms with Crippen molar-refractivity contribution < 1.29 is 9.66 Å². The van der Waals surface area contributed by atoms with Gasteiger partial charge in [-0.2, -0.15) is 9.97 Å². The van der Waals surface area contributed by atoms with Gasteiger partial charge in [0.2, 0.25) is 5.82 Å². The van der Waals surface area contributed by atoms with E-state index >= 15 is 0 Å². The highest BCUT2D eigenvalue weighted by Gasteiger charge is 2.18. The van der Waals surface area contributed by atoms with E-state index in [9.17, 15) is 10.1 Å². The van der Waals surface area contributed by atoms with Crippen molar-refractivity contribution >= 4 is 11.5 Å². The Balaban J connectivity index is 3.24. The second kappa shape index (κ2) is 3.86. The van der Waals surface area contributed by atoms with Crippen LogP contribution in [0.4, 0.5) is 11.5 Å². The molecule has 0 radical (unpaired) electrons. The Kier molecular flexibility index (Phi) is 2.80. The zero-order valence-electron chi connectivity index (χ0n) is 8.09. The van der Waals surface area contributed by atoms with E-state index in [4.69, 9.17) is 4.74 Å². The summed E-state index contributed by atoms with van der Waals surface area (Å²) in [5.74, 6) is 0.224. The highest BCUT2D eigenvalue weighted by molar-refractivity contribution is 5.55. The van der Waals surface area contributed by atoms with Gasteiger partial charge in [0.25, 0.3) is 0 Å². The van der Waals surface area contributed by atoms with Crippen LogP contribution in [0, 0.1) is 10.1 Å². The summed E-state index contributed by atoms with van der Waals surface area (Å²) in [7, 11) is 4.73. The molecule has 0 bridgehead atoms. The van der Waals surface area contributed by atoms with Crippen molar-refractivity contribution in [2.45, 2.75) is 0 Å². The normalized spacial score (nSPS) is 9.64. The van der Waals surface area contributed by atoms with E-state index in [-0.39, 0.29) is 17.5 Å². The molecule has 1 heterocycles. The summed E-state index contributed by atoms with van der Waals surface area (Å²) < 4.78 is 4.77. The molecule has 1 aromatic rings. The van der Waals surface area contributed by atoms with Crippen LogP contribution < -0.4 is 9.64 Å². The van der Waals surface area contributed by atoms with Crippen LogP contribution in [-0.2, 0) is 0 Å². The molecular formula is C7H10N4O3. The zero-order valence-corrected chi connectivity index (χ0v) is 8.09. The lowest BCUT2D eigenvalue weighted by molar-refractivity contribution is -0.384. The van der Waals surface area contributed by atoms with Crippen LogP contribution in [-0.4, -0.2) is 36.1 Å². The topological polar surface area (TPSA) is 81.4 Å². The van der Waals surface area contributed by atoms with Crippen molar-refractivity contribution in [3.05, 3.63) is 16.3 Å². The largest absolute Gasteiger partial charge is 0.467 e. The van der Waals surface area contributed by atoms with Crippen LogP contribution >= 0.6 is 0 Å². The van der Waals surface area contributed by atoms with Crippen LogP contribution in [0.5, 0.6) is 6.01 Å². The summed E-state index contributed by atoms with van der Waals surface area (Å²) in [5.41, 5.74) is -0.143. The third-order valence-electron chi connectivity index (χ3n) is 1.53. The fraction of sp³-hybridized carbons (Fsp3) is 0.429. The van der Waals surface area contributed by atoms with Gasteiger partial charge in [0.05, 0.1) is 12.0 Å². The molecule has 0 amide bonds. The summed E-state index contributed by atoms with van der Waals surface area (Å²) in [6.07, 6.45) is 1.13. The van der Waals surface area contributed by atoms with Gasteiger partial charge in [-0.15, -0.1) is 0 Å². The standard InChI is InChI=1S/C7H10N4O3/c1-10(2)6-5(11(12)13)4-8-7(9-6)14-3/h4H,1-3H3. The maximum absolute atomic E-state index is 10.6. The van der Waals surface area contributed by atoms with Crippen LogP contribution in [0.15, 0.2) is 6.20 Å². The van der Waals surface area contributed by atoms with Gasteiger partial charge in [0, 0.05) is 14.1 Å². The maximum atomic E-state index is 10.6. The number of ether oxygens (including phenoxy) is 1. The van der Waals surface area contributed by atoms with Crippen molar-refractivity contribution in [3.8, 4) is 6.01 Å². The lowest BCUT2D eigenvalue weighted by atomic mass is 10.4. The number of hydrogen-bond donors (Lipinski definition) is 0. The molecule has 0 aromatic carbocycles. The zero-order chi connectivity index (χ0) is 10.7. The molecule has 76 valence electrons. The Hall–Kier alpha value is -1.92. The van der Waals surface area contributed by atoms with Gasteiger partial charge < -0.3 is 9.64 Å². The molecule has 1 rings (SSSR count). The van der Waals surface area contributed by atoms with Gasteiger partial charge in [-0.3, -0.25) is 10.1 Å². The highest BCUT2D eigenvalue weighted by Crippen LogP contribution is 2.24. The van der Waals surface area contributed by atoms with Crippen LogP contribution in [0.3, 0.4) is 0 Å². The quantitative estimate of drug-likeness (QED) is 0.518. The molecule has 0 aliphatic carbocycles. The average Bonchev–Trinajstić information content (AvgIpc) is 2.16. The van der Waals surface area contributed by atoms with Gasteiger partial charge >= 0.3 is 11.7 Å². The molecule has 0 atom stereocenters. The molecule has 0 spiro atoms. The van der Waals surface area contributed by atoms with Gasteiger partial charge in [-0.05, 0) is 0 Å². The molecule has 1 aromatic heterocycles. The molecule has 7 heteroatoms. The predicted molar refractivity (Wildman–Crippen MR) is 49.6 cm³/mol. The van der Waals surface area contributed by atoms with E-state index < -0.39 is 4.92 Å². The molecular weight excluding hydrogens is 188 g/mol. The first-order chi connectivity index (χ1) is 6.56. The Bertz CT molecular complexity index is 353. The van der Waals surface area contributed by atoms with Gasteiger partial charge in [-0.1, -0.05) is 0 Å². The fourth-order valence-corrected chi connectivity index (χ4v) is 0.907. The molecule has 0 N–H and O–H groups in total.